The van der Waals surface area contributed by atoms with Gasteiger partial charge in [-0.3, -0.25) is 10.1 Å². The van der Waals surface area contributed by atoms with Crippen molar-refractivity contribution >= 4 is 28.3 Å². The number of carbonyl (C=O) groups excluding carboxylic acids is 2. The highest BCUT2D eigenvalue weighted by Gasteiger charge is 2.12. The Kier molecular flexibility index (Phi) is 5.38. The van der Waals surface area contributed by atoms with Crippen LogP contribution in [0.2, 0.25) is 0 Å². The van der Waals surface area contributed by atoms with Crippen LogP contribution >= 0.6 is 11.3 Å². The highest BCUT2D eigenvalue weighted by molar-refractivity contribution is 7.14. The van der Waals surface area contributed by atoms with Crippen LogP contribution in [0.1, 0.15) is 15.9 Å². The number of anilines is 1. The van der Waals surface area contributed by atoms with Crippen molar-refractivity contribution < 1.29 is 18.7 Å². The number of thiazole rings is 1. The maximum atomic E-state index is 13.0. The zero-order valence-electron chi connectivity index (χ0n) is 13.9. The fourth-order valence-corrected chi connectivity index (χ4v) is 2.96. The van der Waals surface area contributed by atoms with Crippen LogP contribution in [0.4, 0.5) is 9.52 Å². The predicted octanol–water partition coefficient (Wildman–Crippen LogP) is 4.05. The minimum absolute atomic E-state index is 0.326. The number of hydrogen-bond donors (Lipinski definition) is 1. The molecule has 0 bridgehead atoms. The number of halogens is 1. The Morgan fingerprint density at radius 2 is 1.96 bits per heavy atom. The number of ether oxygens (including phenoxy) is 1. The van der Waals surface area contributed by atoms with Crippen LogP contribution in [0, 0.1) is 12.7 Å². The van der Waals surface area contributed by atoms with Crippen LogP contribution in [0.25, 0.3) is 11.3 Å². The Bertz CT molecular complexity index is 938. The van der Waals surface area contributed by atoms with Gasteiger partial charge in [-0.2, -0.15) is 0 Å². The lowest BCUT2D eigenvalue weighted by atomic mass is 10.1. The first-order valence-electron chi connectivity index (χ1n) is 7.76. The van der Waals surface area contributed by atoms with Gasteiger partial charge in [0.05, 0.1) is 11.3 Å². The molecule has 0 aliphatic heterocycles. The van der Waals surface area contributed by atoms with Crippen molar-refractivity contribution in [2.24, 2.45) is 0 Å². The molecule has 1 N–H and O–H groups in total. The second kappa shape index (κ2) is 7.88. The van der Waals surface area contributed by atoms with E-state index < -0.39 is 18.5 Å². The van der Waals surface area contributed by atoms with Gasteiger partial charge in [-0.1, -0.05) is 17.7 Å². The third-order valence-corrected chi connectivity index (χ3v) is 4.24. The molecule has 0 saturated carbocycles. The molecule has 7 heteroatoms. The molecule has 1 heterocycles. The zero-order chi connectivity index (χ0) is 18.5. The second-order valence-corrected chi connectivity index (χ2v) is 6.40. The number of amides is 1. The number of nitrogens with one attached hydrogen (secondary N) is 1. The summed E-state index contributed by atoms with van der Waals surface area (Å²) in [7, 11) is 0. The summed E-state index contributed by atoms with van der Waals surface area (Å²) in [5.41, 5.74) is 2.70. The van der Waals surface area contributed by atoms with E-state index in [2.05, 4.69) is 10.3 Å². The van der Waals surface area contributed by atoms with Crippen LogP contribution in [0.15, 0.2) is 53.9 Å². The number of rotatable bonds is 5. The Balaban J connectivity index is 1.55. The molecule has 0 aliphatic carbocycles. The third-order valence-electron chi connectivity index (χ3n) is 3.48. The van der Waals surface area contributed by atoms with Gasteiger partial charge in [-0.15, -0.1) is 11.3 Å². The summed E-state index contributed by atoms with van der Waals surface area (Å²) in [4.78, 5) is 28.1. The van der Waals surface area contributed by atoms with Crippen molar-refractivity contribution in [3.8, 4) is 11.3 Å². The molecule has 0 atom stereocenters. The molecule has 0 saturated heterocycles. The molecule has 3 rings (SSSR count). The third kappa shape index (κ3) is 4.52. The first-order chi connectivity index (χ1) is 12.5. The molecule has 0 radical (unpaired) electrons. The lowest BCUT2D eigenvalue weighted by Crippen LogP contribution is -2.20. The van der Waals surface area contributed by atoms with Gasteiger partial charge in [-0.05, 0) is 43.3 Å². The lowest BCUT2D eigenvalue weighted by molar-refractivity contribution is -0.119. The van der Waals surface area contributed by atoms with E-state index in [-0.39, 0.29) is 5.82 Å². The quantitative estimate of drug-likeness (QED) is 0.688. The normalized spacial score (nSPS) is 10.4. The minimum Gasteiger partial charge on any atom is -0.452 e. The van der Waals surface area contributed by atoms with E-state index in [0.29, 0.717) is 16.4 Å². The molecule has 1 aromatic heterocycles. The average molecular weight is 370 g/mol. The van der Waals surface area contributed by atoms with Gasteiger partial charge in [0.25, 0.3) is 5.91 Å². The van der Waals surface area contributed by atoms with Crippen molar-refractivity contribution in [2.45, 2.75) is 6.92 Å². The van der Waals surface area contributed by atoms with E-state index in [0.717, 1.165) is 11.1 Å². The molecular weight excluding hydrogens is 355 g/mol. The van der Waals surface area contributed by atoms with Gasteiger partial charge in [0.2, 0.25) is 0 Å². The average Bonchev–Trinajstić information content (AvgIpc) is 3.08. The number of nitrogens with zero attached hydrogens (tertiary/aromatic N) is 1. The first-order valence-corrected chi connectivity index (χ1v) is 8.64. The monoisotopic (exact) mass is 370 g/mol. The van der Waals surface area contributed by atoms with Crippen molar-refractivity contribution in [2.75, 3.05) is 11.9 Å². The zero-order valence-corrected chi connectivity index (χ0v) is 14.7. The minimum atomic E-state index is -0.560. The highest BCUT2D eigenvalue weighted by atomic mass is 32.1. The molecule has 1 amide bonds. The fourth-order valence-electron chi connectivity index (χ4n) is 2.23. The van der Waals surface area contributed by atoms with E-state index in [1.54, 1.807) is 35.7 Å². The Hall–Kier alpha value is -3.06. The first kappa shape index (κ1) is 17.8. The maximum absolute atomic E-state index is 13.0. The van der Waals surface area contributed by atoms with E-state index in [1.165, 1.54) is 23.5 Å². The number of carbonyl (C=O) groups is 2. The van der Waals surface area contributed by atoms with Gasteiger partial charge in [0.15, 0.2) is 11.7 Å². The molecule has 5 nitrogen and oxygen atoms in total. The summed E-state index contributed by atoms with van der Waals surface area (Å²) in [6.45, 7) is 1.46. The Morgan fingerprint density at radius 1 is 1.19 bits per heavy atom. The van der Waals surface area contributed by atoms with Gasteiger partial charge < -0.3 is 4.74 Å². The van der Waals surface area contributed by atoms with Crippen LogP contribution in [-0.4, -0.2) is 23.5 Å². The van der Waals surface area contributed by atoms with E-state index in [9.17, 15) is 14.0 Å². The molecular formula is C19H15FN2O3S. The van der Waals surface area contributed by atoms with Gasteiger partial charge in [-0.25, -0.2) is 14.2 Å². The molecule has 3 aromatic rings. The van der Waals surface area contributed by atoms with E-state index in [1.807, 2.05) is 13.0 Å². The molecule has 0 fully saturated rings. The predicted molar refractivity (Wildman–Crippen MR) is 97.6 cm³/mol. The SMILES string of the molecule is Cc1cccc(C(=O)OCC(=O)Nc2nc(-c3ccc(F)cc3)cs2)c1. The van der Waals surface area contributed by atoms with Crippen LogP contribution in [0.5, 0.6) is 0 Å². The van der Waals surface area contributed by atoms with Crippen LogP contribution in [-0.2, 0) is 9.53 Å². The summed E-state index contributed by atoms with van der Waals surface area (Å²) in [5, 5.41) is 4.71. The smallest absolute Gasteiger partial charge is 0.338 e. The van der Waals surface area contributed by atoms with Crippen molar-refractivity contribution in [3.05, 3.63) is 70.9 Å². The number of esters is 1. The largest absolute Gasteiger partial charge is 0.452 e. The summed E-state index contributed by atoms with van der Waals surface area (Å²) in [5.74, 6) is -1.37. The molecule has 26 heavy (non-hydrogen) atoms. The van der Waals surface area contributed by atoms with Crippen molar-refractivity contribution in [3.63, 3.8) is 0 Å². The maximum Gasteiger partial charge on any atom is 0.338 e. The number of aryl methyl sites for hydroxylation is 1. The number of benzene rings is 2. The van der Waals surface area contributed by atoms with Gasteiger partial charge in [0.1, 0.15) is 5.82 Å². The highest BCUT2D eigenvalue weighted by Crippen LogP contribution is 2.24. The van der Waals surface area contributed by atoms with Crippen LogP contribution in [0.3, 0.4) is 0 Å². The second-order valence-electron chi connectivity index (χ2n) is 5.54. The van der Waals surface area contributed by atoms with Gasteiger partial charge in [0, 0.05) is 10.9 Å². The number of aromatic nitrogens is 1. The molecule has 0 aliphatic rings. The van der Waals surface area contributed by atoms with Gasteiger partial charge >= 0.3 is 5.97 Å². The fraction of sp³-hybridized carbons (Fsp3) is 0.105. The van der Waals surface area contributed by atoms with Crippen LogP contribution < -0.4 is 5.32 Å². The van der Waals surface area contributed by atoms with E-state index >= 15 is 0 Å². The summed E-state index contributed by atoms with van der Waals surface area (Å²) in [6.07, 6.45) is 0. The Morgan fingerprint density at radius 3 is 2.69 bits per heavy atom. The van der Waals surface area contributed by atoms with Crippen molar-refractivity contribution in [1.29, 1.82) is 0 Å². The number of hydrogen-bond acceptors (Lipinski definition) is 5. The van der Waals surface area contributed by atoms with Crippen molar-refractivity contribution in [1.82, 2.24) is 4.98 Å². The van der Waals surface area contributed by atoms with E-state index in [4.69, 9.17) is 4.74 Å². The molecule has 132 valence electrons. The molecule has 2 aromatic carbocycles. The summed E-state index contributed by atoms with van der Waals surface area (Å²) in [6, 6.07) is 12.8. The Labute approximate surface area is 153 Å². The lowest BCUT2D eigenvalue weighted by Gasteiger charge is -2.05. The standard InChI is InChI=1S/C19H15FN2O3S/c1-12-3-2-4-14(9-12)18(24)25-10-17(23)22-19-21-16(11-26-19)13-5-7-15(20)8-6-13/h2-9,11H,10H2,1H3,(H,21,22,23). The summed E-state index contributed by atoms with van der Waals surface area (Å²) < 4.78 is 18.0. The topological polar surface area (TPSA) is 68.3 Å². The summed E-state index contributed by atoms with van der Waals surface area (Å²) >= 11 is 1.23. The molecule has 0 unspecified atom stereocenters. The molecule has 0 spiro atoms.